The van der Waals surface area contributed by atoms with Gasteiger partial charge < -0.3 is 24.7 Å². The Balaban J connectivity index is 0.000000532. The molecule has 1 aromatic heterocycles. The van der Waals surface area contributed by atoms with Gasteiger partial charge >= 0.3 is 12.1 Å². The minimum Gasteiger partial charge on any atom is -0.508 e. The summed E-state index contributed by atoms with van der Waals surface area (Å²) in [6.07, 6.45) is 1.73. The summed E-state index contributed by atoms with van der Waals surface area (Å²) in [7, 11) is 5.77. The third-order valence-electron chi connectivity index (χ3n) is 6.02. The number of aromatic nitrogens is 2. The quantitative estimate of drug-likeness (QED) is 0.353. The van der Waals surface area contributed by atoms with Gasteiger partial charge in [0, 0.05) is 44.1 Å². The number of amides is 1. The molecule has 0 spiro atoms. The molecule has 0 unspecified atom stereocenters. The number of phenols is 1. The molecular formula is C26H28ClF3N4O5. The van der Waals surface area contributed by atoms with E-state index >= 15 is 0 Å². The topological polar surface area (TPSA) is 119 Å². The Bertz CT molecular complexity index is 1350. The Labute approximate surface area is 227 Å². The maximum atomic E-state index is 12.4. The number of carboxylic acid groups (broad SMARTS) is 1. The fraction of sp³-hybridized carbons (Fsp3) is 0.346. The first-order chi connectivity index (χ1) is 18.3. The number of aromatic amines is 1. The fourth-order valence-electron chi connectivity index (χ4n) is 3.80. The number of fused-ring (bicyclic) bond motifs is 1. The van der Waals surface area contributed by atoms with Gasteiger partial charge in [-0.05, 0) is 50.0 Å². The summed E-state index contributed by atoms with van der Waals surface area (Å²) < 4.78 is 38.0. The van der Waals surface area contributed by atoms with Crippen LogP contribution in [0.1, 0.15) is 12.8 Å². The lowest BCUT2D eigenvalue weighted by Gasteiger charge is -2.40. The Hall–Kier alpha value is -3.77. The van der Waals surface area contributed by atoms with Crippen LogP contribution in [-0.4, -0.2) is 88.1 Å². The number of benzene rings is 2. The third kappa shape index (κ3) is 7.87. The normalized spacial score (nSPS) is 17.0. The van der Waals surface area contributed by atoms with Gasteiger partial charge in [0.05, 0.1) is 22.1 Å². The van der Waals surface area contributed by atoms with E-state index in [2.05, 4.69) is 10.2 Å². The van der Waals surface area contributed by atoms with Crippen LogP contribution in [0.5, 0.6) is 11.5 Å². The van der Waals surface area contributed by atoms with E-state index in [1.54, 1.807) is 29.3 Å². The first-order valence-corrected chi connectivity index (χ1v) is 12.1. The Kier molecular flexibility index (Phi) is 9.46. The highest BCUT2D eigenvalue weighted by molar-refractivity contribution is 6.33. The van der Waals surface area contributed by atoms with E-state index in [1.807, 2.05) is 44.3 Å². The van der Waals surface area contributed by atoms with E-state index in [0.717, 1.165) is 47.2 Å². The van der Waals surface area contributed by atoms with Crippen molar-refractivity contribution in [1.82, 2.24) is 20.0 Å². The van der Waals surface area contributed by atoms with Gasteiger partial charge in [0.2, 0.25) is 5.91 Å². The van der Waals surface area contributed by atoms with E-state index in [0.29, 0.717) is 5.02 Å². The SMILES string of the molecule is CN(C)C/C=C/C(=O)N(C)C1CC(Oc2cc(-c3ccc(O)cc3Cl)cc3[nH]ncc23)C1.O=C(O)C(F)(F)F. The molecule has 13 heteroatoms. The number of nitrogens with one attached hydrogen (secondary N) is 1. The van der Waals surface area contributed by atoms with Gasteiger partial charge in [-0.1, -0.05) is 17.7 Å². The molecule has 2 aromatic carbocycles. The smallest absolute Gasteiger partial charge is 0.490 e. The largest absolute Gasteiger partial charge is 0.508 e. The van der Waals surface area contributed by atoms with Gasteiger partial charge in [-0.2, -0.15) is 18.3 Å². The molecular weight excluding hydrogens is 541 g/mol. The van der Waals surface area contributed by atoms with Crippen LogP contribution in [0.4, 0.5) is 13.2 Å². The van der Waals surface area contributed by atoms with Crippen molar-refractivity contribution in [2.45, 2.75) is 31.2 Å². The predicted octanol–water partition coefficient (Wildman–Crippen LogP) is 4.71. The van der Waals surface area contributed by atoms with Gasteiger partial charge in [0.1, 0.15) is 17.6 Å². The molecule has 4 rings (SSSR count). The van der Waals surface area contributed by atoms with Crippen LogP contribution in [0.25, 0.3) is 22.0 Å². The molecule has 0 radical (unpaired) electrons. The number of nitrogens with zero attached hydrogens (tertiary/aromatic N) is 3. The summed E-state index contributed by atoms with van der Waals surface area (Å²) in [6.45, 7) is 0.734. The van der Waals surface area contributed by atoms with Crippen LogP contribution in [0.3, 0.4) is 0 Å². The average Bonchev–Trinajstić information content (AvgIpc) is 3.29. The van der Waals surface area contributed by atoms with Crippen molar-refractivity contribution in [3.8, 4) is 22.6 Å². The van der Waals surface area contributed by atoms with Crippen LogP contribution < -0.4 is 4.74 Å². The molecule has 0 atom stereocenters. The second-order valence-electron chi connectivity index (χ2n) is 9.25. The standard InChI is InChI=1S/C24H27ClN4O3.C2HF3O2/c1-28(2)8-4-5-24(31)29(3)16-11-18(12-16)32-23-10-15(9-22-20(23)14-26-27-22)19-7-6-17(30)13-21(19)25;3-2(4,5)1(6)7/h4-7,9-10,13-14,16,18,30H,8,11-12H2,1-3H3,(H,26,27);(H,6,7)/b5-4+;. The minimum atomic E-state index is -5.08. The number of H-pyrrole nitrogens is 1. The Morgan fingerprint density at radius 2 is 1.87 bits per heavy atom. The Morgan fingerprint density at radius 1 is 1.21 bits per heavy atom. The molecule has 0 bridgehead atoms. The van der Waals surface area contributed by atoms with E-state index in [-0.39, 0.29) is 23.8 Å². The predicted molar refractivity (Wildman–Crippen MR) is 140 cm³/mol. The molecule has 1 aliphatic carbocycles. The lowest BCUT2D eigenvalue weighted by atomic mass is 9.88. The number of halogens is 4. The summed E-state index contributed by atoms with van der Waals surface area (Å²) in [5, 5.41) is 25.3. The minimum absolute atomic E-state index is 0.0106. The zero-order valence-electron chi connectivity index (χ0n) is 21.4. The number of aliphatic carboxylic acids is 1. The summed E-state index contributed by atoms with van der Waals surface area (Å²) in [4.78, 5) is 25.0. The summed E-state index contributed by atoms with van der Waals surface area (Å²) in [5.41, 5.74) is 2.51. The van der Waals surface area contributed by atoms with E-state index in [1.165, 1.54) is 6.07 Å². The van der Waals surface area contributed by atoms with Gasteiger partial charge in [0.25, 0.3) is 0 Å². The molecule has 39 heavy (non-hydrogen) atoms. The monoisotopic (exact) mass is 568 g/mol. The van der Waals surface area contributed by atoms with Crippen molar-refractivity contribution in [3.05, 3.63) is 53.7 Å². The maximum Gasteiger partial charge on any atom is 0.490 e. The summed E-state index contributed by atoms with van der Waals surface area (Å²) >= 11 is 6.35. The zero-order valence-corrected chi connectivity index (χ0v) is 22.1. The first kappa shape index (κ1) is 29.8. The van der Waals surface area contributed by atoms with E-state index in [9.17, 15) is 23.1 Å². The van der Waals surface area contributed by atoms with Crippen molar-refractivity contribution < 1.29 is 37.7 Å². The number of carbonyl (C=O) groups is 2. The number of carbonyl (C=O) groups excluding carboxylic acids is 1. The molecule has 210 valence electrons. The van der Waals surface area contributed by atoms with Gasteiger partial charge in [-0.15, -0.1) is 0 Å². The number of alkyl halides is 3. The fourth-order valence-corrected chi connectivity index (χ4v) is 4.09. The molecule has 0 saturated heterocycles. The van der Waals surface area contributed by atoms with Crippen molar-refractivity contribution in [2.24, 2.45) is 0 Å². The number of ether oxygens (including phenoxy) is 1. The second kappa shape index (κ2) is 12.4. The molecule has 0 aliphatic heterocycles. The lowest BCUT2D eigenvalue weighted by Crippen LogP contribution is -2.49. The highest BCUT2D eigenvalue weighted by Gasteiger charge is 2.38. The number of hydrogen-bond donors (Lipinski definition) is 3. The van der Waals surface area contributed by atoms with Gasteiger partial charge in [-0.3, -0.25) is 9.89 Å². The molecule has 1 fully saturated rings. The third-order valence-corrected chi connectivity index (χ3v) is 6.33. The Morgan fingerprint density at radius 3 is 2.46 bits per heavy atom. The number of hydrogen-bond acceptors (Lipinski definition) is 6. The van der Waals surface area contributed by atoms with Crippen molar-refractivity contribution in [2.75, 3.05) is 27.7 Å². The molecule has 3 N–H and O–H groups in total. The van der Waals surface area contributed by atoms with Crippen LogP contribution in [0.2, 0.25) is 5.02 Å². The van der Waals surface area contributed by atoms with E-state index in [4.69, 9.17) is 26.2 Å². The number of rotatable bonds is 7. The molecule has 1 heterocycles. The van der Waals surface area contributed by atoms with Gasteiger partial charge in [-0.25, -0.2) is 4.79 Å². The number of aromatic hydroxyl groups is 1. The van der Waals surface area contributed by atoms with Gasteiger partial charge in [0.15, 0.2) is 0 Å². The number of likely N-dealkylation sites (N-methyl/N-ethyl adjacent to an activating group) is 2. The lowest BCUT2D eigenvalue weighted by molar-refractivity contribution is -0.192. The summed E-state index contributed by atoms with van der Waals surface area (Å²) in [6, 6.07) is 8.97. The molecule has 1 aliphatic rings. The van der Waals surface area contributed by atoms with Crippen LogP contribution in [0, 0.1) is 0 Å². The molecule has 1 saturated carbocycles. The highest BCUT2D eigenvalue weighted by atomic mass is 35.5. The number of phenolic OH excluding ortho intramolecular Hbond substituents is 1. The van der Waals surface area contributed by atoms with Crippen molar-refractivity contribution in [1.29, 1.82) is 0 Å². The van der Waals surface area contributed by atoms with Crippen molar-refractivity contribution >= 4 is 34.4 Å². The number of carboxylic acids is 1. The van der Waals surface area contributed by atoms with Crippen LogP contribution in [-0.2, 0) is 9.59 Å². The van der Waals surface area contributed by atoms with E-state index < -0.39 is 12.1 Å². The van der Waals surface area contributed by atoms with Crippen LogP contribution >= 0.6 is 11.6 Å². The molecule has 1 amide bonds. The molecule has 9 nitrogen and oxygen atoms in total. The first-order valence-electron chi connectivity index (χ1n) is 11.8. The highest BCUT2D eigenvalue weighted by Crippen LogP contribution is 2.38. The molecule has 3 aromatic rings. The van der Waals surface area contributed by atoms with Crippen LogP contribution in [0.15, 0.2) is 48.7 Å². The maximum absolute atomic E-state index is 12.4. The van der Waals surface area contributed by atoms with Crippen molar-refractivity contribution in [3.63, 3.8) is 0 Å². The zero-order chi connectivity index (χ0) is 28.9. The average molecular weight is 569 g/mol. The summed E-state index contributed by atoms with van der Waals surface area (Å²) in [5.74, 6) is -1.91. The second-order valence-corrected chi connectivity index (χ2v) is 9.66.